The van der Waals surface area contributed by atoms with Crippen molar-refractivity contribution in [2.24, 2.45) is 23.7 Å². The fourth-order valence-electron chi connectivity index (χ4n) is 10.8. The lowest BCUT2D eigenvalue weighted by Crippen LogP contribution is -2.54. The third-order valence-corrected chi connectivity index (χ3v) is 12.7. The number of fused-ring (bicyclic) bond motifs is 6. The predicted octanol–water partition coefficient (Wildman–Crippen LogP) is 13.7. The Hall–Kier alpha value is -5.60. The summed E-state index contributed by atoms with van der Waals surface area (Å²) >= 11 is 0. The van der Waals surface area contributed by atoms with Crippen molar-refractivity contribution in [3.63, 3.8) is 0 Å². The molecule has 0 N–H and O–H groups in total. The topological polar surface area (TPSA) is 16.4 Å². The highest BCUT2D eigenvalue weighted by molar-refractivity contribution is 6.28. The molecule has 252 valence electrons. The normalized spacial score (nSPS) is 22.0. The standard InChI is InChI=1S/C50H41NO/c1-4-12-35(13-5-1)46-47-43-19-11-10-18-42(43)45-31-37(22-25-44(45)50(47)52-49(46)36-14-6-2-7-15-36)34-20-23-41(24-21-34)51(40-16-8-3-9-17-40)48-38-27-32-26-33(29-38)30-39(48)28-32/h1-25,31-33,38-39,48H,26-30H2. The zero-order valence-electron chi connectivity index (χ0n) is 29.3. The molecule has 12 rings (SSSR count). The molecule has 4 saturated carbocycles. The molecule has 0 spiro atoms. The van der Waals surface area contributed by atoms with E-state index in [0.29, 0.717) is 6.04 Å². The Balaban J connectivity index is 1.04. The molecule has 0 saturated heterocycles. The summed E-state index contributed by atoms with van der Waals surface area (Å²) in [6.07, 6.45) is 7.12. The summed E-state index contributed by atoms with van der Waals surface area (Å²) in [5.41, 5.74) is 9.47. The molecule has 4 aliphatic rings. The van der Waals surface area contributed by atoms with Crippen LogP contribution in [0.3, 0.4) is 0 Å². The van der Waals surface area contributed by atoms with Crippen LogP contribution in [-0.4, -0.2) is 6.04 Å². The lowest BCUT2D eigenvalue weighted by atomic mass is 9.53. The Morgan fingerprint density at radius 1 is 0.423 bits per heavy atom. The largest absolute Gasteiger partial charge is 0.455 e. The molecule has 7 aromatic carbocycles. The molecule has 4 bridgehead atoms. The van der Waals surface area contributed by atoms with Gasteiger partial charge >= 0.3 is 0 Å². The summed E-state index contributed by atoms with van der Waals surface area (Å²) in [6, 6.07) is 58.3. The van der Waals surface area contributed by atoms with Gasteiger partial charge in [0.25, 0.3) is 0 Å². The quantitative estimate of drug-likeness (QED) is 0.164. The van der Waals surface area contributed by atoms with E-state index in [2.05, 4.69) is 163 Å². The minimum Gasteiger partial charge on any atom is -0.455 e. The fraction of sp³-hybridized carbons (Fsp3) is 0.200. The molecule has 0 amide bonds. The van der Waals surface area contributed by atoms with Gasteiger partial charge in [-0.3, -0.25) is 0 Å². The molecule has 8 aromatic rings. The molecule has 0 atom stereocenters. The first-order valence-corrected chi connectivity index (χ1v) is 19.2. The van der Waals surface area contributed by atoms with E-state index < -0.39 is 0 Å². The molecular weight excluding hydrogens is 631 g/mol. The van der Waals surface area contributed by atoms with E-state index in [9.17, 15) is 0 Å². The van der Waals surface area contributed by atoms with E-state index in [1.807, 2.05) is 0 Å². The van der Waals surface area contributed by atoms with E-state index in [-0.39, 0.29) is 0 Å². The number of nitrogens with zero attached hydrogens (tertiary/aromatic N) is 1. The lowest BCUT2D eigenvalue weighted by Gasteiger charge is -2.57. The molecule has 4 aliphatic carbocycles. The van der Waals surface area contributed by atoms with Crippen molar-refractivity contribution in [2.45, 2.75) is 38.1 Å². The van der Waals surface area contributed by atoms with Gasteiger partial charge in [-0.15, -0.1) is 0 Å². The second-order valence-corrected chi connectivity index (χ2v) is 15.7. The van der Waals surface area contributed by atoms with Gasteiger partial charge in [-0.2, -0.15) is 0 Å². The first-order chi connectivity index (χ1) is 25.8. The van der Waals surface area contributed by atoms with E-state index >= 15 is 0 Å². The number of hydrogen-bond acceptors (Lipinski definition) is 2. The Kier molecular flexibility index (Phi) is 6.93. The van der Waals surface area contributed by atoms with Crippen LogP contribution in [0.2, 0.25) is 0 Å². The van der Waals surface area contributed by atoms with Gasteiger partial charge in [0.15, 0.2) is 0 Å². The Morgan fingerprint density at radius 3 is 1.65 bits per heavy atom. The number of anilines is 2. The highest BCUT2D eigenvalue weighted by Crippen LogP contribution is 2.57. The number of hydrogen-bond donors (Lipinski definition) is 0. The summed E-state index contributed by atoms with van der Waals surface area (Å²) in [4.78, 5) is 2.72. The smallest absolute Gasteiger partial charge is 0.143 e. The van der Waals surface area contributed by atoms with Crippen LogP contribution in [0, 0.1) is 23.7 Å². The number of furan rings is 1. The average Bonchev–Trinajstić information content (AvgIpc) is 3.61. The molecular formula is C50H41NO. The third kappa shape index (κ3) is 4.77. The van der Waals surface area contributed by atoms with Gasteiger partial charge < -0.3 is 9.32 Å². The summed E-state index contributed by atoms with van der Waals surface area (Å²) in [5, 5.41) is 6.01. The second kappa shape index (κ2) is 12.0. The van der Waals surface area contributed by atoms with Crippen molar-refractivity contribution in [1.82, 2.24) is 0 Å². The Morgan fingerprint density at radius 2 is 0.981 bits per heavy atom. The SMILES string of the molecule is c1ccc(-c2oc3c4ccc(-c5ccc(N(c6ccccc6)C6C7CC8CC(C7)CC6C8)cc5)cc4c4ccccc4c3c2-c2ccccc2)cc1. The van der Waals surface area contributed by atoms with Crippen molar-refractivity contribution in [1.29, 1.82) is 0 Å². The highest BCUT2D eigenvalue weighted by atomic mass is 16.3. The lowest BCUT2D eigenvalue weighted by molar-refractivity contribution is 0.000531. The fourth-order valence-corrected chi connectivity index (χ4v) is 10.8. The molecule has 52 heavy (non-hydrogen) atoms. The van der Waals surface area contributed by atoms with Crippen LogP contribution in [0.1, 0.15) is 32.1 Å². The number of rotatable bonds is 6. The highest BCUT2D eigenvalue weighted by Gasteiger charge is 2.50. The zero-order chi connectivity index (χ0) is 34.2. The van der Waals surface area contributed by atoms with Crippen molar-refractivity contribution in [2.75, 3.05) is 4.90 Å². The first kappa shape index (κ1) is 30.1. The van der Waals surface area contributed by atoms with Crippen LogP contribution in [0.4, 0.5) is 11.4 Å². The third-order valence-electron chi connectivity index (χ3n) is 12.7. The zero-order valence-corrected chi connectivity index (χ0v) is 29.3. The summed E-state index contributed by atoms with van der Waals surface area (Å²) < 4.78 is 6.98. The van der Waals surface area contributed by atoms with Gasteiger partial charge in [-0.25, -0.2) is 0 Å². The van der Waals surface area contributed by atoms with Crippen LogP contribution in [0.15, 0.2) is 162 Å². The Labute approximate surface area is 305 Å². The first-order valence-electron chi connectivity index (χ1n) is 19.2. The van der Waals surface area contributed by atoms with E-state index in [4.69, 9.17) is 4.42 Å². The summed E-state index contributed by atoms with van der Waals surface area (Å²) in [7, 11) is 0. The molecule has 1 heterocycles. The monoisotopic (exact) mass is 671 g/mol. The van der Waals surface area contributed by atoms with Crippen molar-refractivity contribution >= 4 is 43.9 Å². The summed E-state index contributed by atoms with van der Waals surface area (Å²) in [6.45, 7) is 0. The van der Waals surface area contributed by atoms with Gasteiger partial charge in [0.1, 0.15) is 11.3 Å². The van der Waals surface area contributed by atoms with Crippen LogP contribution in [0.25, 0.3) is 66.1 Å². The van der Waals surface area contributed by atoms with E-state index in [1.165, 1.54) is 81.7 Å². The van der Waals surface area contributed by atoms with Crippen molar-refractivity contribution < 1.29 is 4.42 Å². The maximum absolute atomic E-state index is 6.98. The minimum atomic E-state index is 0.588. The second-order valence-electron chi connectivity index (χ2n) is 15.7. The Bertz CT molecular complexity index is 2540. The maximum atomic E-state index is 6.98. The number of para-hydroxylation sites is 1. The van der Waals surface area contributed by atoms with Crippen molar-refractivity contribution in [3.05, 3.63) is 158 Å². The van der Waals surface area contributed by atoms with Crippen LogP contribution < -0.4 is 4.90 Å². The van der Waals surface area contributed by atoms with Crippen molar-refractivity contribution in [3.8, 4) is 33.6 Å². The predicted molar refractivity (Wildman–Crippen MR) is 217 cm³/mol. The molecule has 4 fully saturated rings. The molecule has 2 heteroatoms. The molecule has 0 unspecified atom stereocenters. The van der Waals surface area contributed by atoms with E-state index in [1.54, 1.807) is 0 Å². The van der Waals surface area contributed by atoms with Gasteiger partial charge in [0.05, 0.1) is 0 Å². The minimum absolute atomic E-state index is 0.588. The molecule has 1 aromatic heterocycles. The maximum Gasteiger partial charge on any atom is 0.143 e. The molecule has 0 radical (unpaired) electrons. The average molecular weight is 672 g/mol. The molecule has 2 nitrogen and oxygen atoms in total. The van der Waals surface area contributed by atoms with Crippen LogP contribution in [0.5, 0.6) is 0 Å². The van der Waals surface area contributed by atoms with Gasteiger partial charge in [0.2, 0.25) is 0 Å². The summed E-state index contributed by atoms with van der Waals surface area (Å²) in [5.74, 6) is 4.43. The van der Waals surface area contributed by atoms with Crippen LogP contribution >= 0.6 is 0 Å². The number of benzene rings is 7. The van der Waals surface area contributed by atoms with Gasteiger partial charge in [-0.1, -0.05) is 121 Å². The van der Waals surface area contributed by atoms with Gasteiger partial charge in [-0.05, 0) is 125 Å². The van der Waals surface area contributed by atoms with Gasteiger partial charge in [0, 0.05) is 39.3 Å². The van der Waals surface area contributed by atoms with E-state index in [0.717, 1.165) is 51.5 Å². The van der Waals surface area contributed by atoms with Crippen LogP contribution in [-0.2, 0) is 0 Å². The molecule has 0 aliphatic heterocycles.